The van der Waals surface area contributed by atoms with Gasteiger partial charge in [-0.3, -0.25) is 4.79 Å². The van der Waals surface area contributed by atoms with E-state index in [0.717, 1.165) is 9.87 Å². The first-order valence-electron chi connectivity index (χ1n) is 9.45. The molecule has 0 aliphatic rings. The maximum Gasteiger partial charge on any atom is 0.354 e. The van der Waals surface area contributed by atoms with Gasteiger partial charge in [0, 0.05) is 24.9 Å². The molecule has 1 aromatic carbocycles. The van der Waals surface area contributed by atoms with Gasteiger partial charge in [-0.1, -0.05) is 17.7 Å². The van der Waals surface area contributed by atoms with Crippen LogP contribution in [-0.4, -0.2) is 62.9 Å². The summed E-state index contributed by atoms with van der Waals surface area (Å²) in [5.74, 6) is -1.01. The van der Waals surface area contributed by atoms with Crippen molar-refractivity contribution in [3.8, 4) is 0 Å². The van der Waals surface area contributed by atoms with Crippen molar-refractivity contribution in [3.63, 3.8) is 0 Å². The van der Waals surface area contributed by atoms with Crippen LogP contribution in [0.15, 0.2) is 29.2 Å². The van der Waals surface area contributed by atoms with Crippen LogP contribution in [0.5, 0.6) is 0 Å². The van der Waals surface area contributed by atoms with Crippen molar-refractivity contribution < 1.29 is 27.5 Å². The van der Waals surface area contributed by atoms with E-state index in [4.69, 9.17) is 9.47 Å². The summed E-state index contributed by atoms with van der Waals surface area (Å²) in [7, 11) is -1.23. The molecule has 1 heterocycles. The lowest BCUT2D eigenvalue weighted by Crippen LogP contribution is -2.45. The fourth-order valence-corrected chi connectivity index (χ4v) is 4.89. The van der Waals surface area contributed by atoms with Gasteiger partial charge in [0.2, 0.25) is 10.0 Å². The second kappa shape index (κ2) is 9.55. The molecule has 0 amide bonds. The first-order valence-corrected chi connectivity index (χ1v) is 10.9. The fourth-order valence-electron chi connectivity index (χ4n) is 3.31. The lowest BCUT2D eigenvalue weighted by molar-refractivity contribution is 0.0594. The van der Waals surface area contributed by atoms with E-state index in [1.54, 1.807) is 26.0 Å². The quantitative estimate of drug-likeness (QED) is 0.478. The number of aromatic amines is 1. The third kappa shape index (κ3) is 4.63. The topological polar surface area (TPSA) is 106 Å². The number of ether oxygens (including phenoxy) is 2. The maximum atomic E-state index is 13.3. The number of aryl methyl sites for hydroxylation is 2. The van der Waals surface area contributed by atoms with E-state index in [9.17, 15) is 18.0 Å². The molecular formula is C21H28N2O6S. The number of hydrogen-bond acceptors (Lipinski definition) is 6. The average molecular weight is 437 g/mol. The minimum Gasteiger partial charge on any atom is -0.464 e. The molecule has 1 atom stereocenters. The number of nitrogens with one attached hydrogen (secondary N) is 1. The number of sulfonamides is 1. The van der Waals surface area contributed by atoms with Gasteiger partial charge in [-0.25, -0.2) is 13.2 Å². The van der Waals surface area contributed by atoms with Crippen LogP contribution >= 0.6 is 0 Å². The summed E-state index contributed by atoms with van der Waals surface area (Å²) in [5, 5.41) is 0. The summed E-state index contributed by atoms with van der Waals surface area (Å²) < 4.78 is 37.5. The molecule has 0 radical (unpaired) electrons. The van der Waals surface area contributed by atoms with Gasteiger partial charge < -0.3 is 14.5 Å². The number of methoxy groups -OCH3 is 2. The van der Waals surface area contributed by atoms with Gasteiger partial charge in [0.05, 0.1) is 24.7 Å². The third-order valence-electron chi connectivity index (χ3n) is 5.03. The third-order valence-corrected chi connectivity index (χ3v) is 7.01. The van der Waals surface area contributed by atoms with Gasteiger partial charge in [0.25, 0.3) is 0 Å². The van der Waals surface area contributed by atoms with Crippen LogP contribution in [0.2, 0.25) is 0 Å². The Balaban J connectivity index is 2.48. The Labute approximate surface area is 177 Å². The average Bonchev–Trinajstić information content (AvgIpc) is 3.01. The van der Waals surface area contributed by atoms with Gasteiger partial charge in [-0.15, -0.1) is 0 Å². The number of nitrogens with zero attached hydrogens (tertiary/aromatic N) is 1. The van der Waals surface area contributed by atoms with E-state index in [2.05, 4.69) is 4.98 Å². The Bertz CT molecular complexity index is 1020. The van der Waals surface area contributed by atoms with Crippen molar-refractivity contribution in [1.82, 2.24) is 9.29 Å². The lowest BCUT2D eigenvalue weighted by atomic mass is 10.0. The molecule has 0 saturated carbocycles. The molecule has 0 fully saturated rings. The number of aromatic nitrogens is 1. The molecule has 30 heavy (non-hydrogen) atoms. The van der Waals surface area contributed by atoms with E-state index in [1.807, 2.05) is 6.92 Å². The highest BCUT2D eigenvalue weighted by Gasteiger charge is 2.35. The zero-order valence-corrected chi connectivity index (χ0v) is 18.9. The molecule has 164 valence electrons. The molecule has 9 heteroatoms. The predicted octanol–water partition coefficient (Wildman–Crippen LogP) is 2.64. The Kier molecular flexibility index (Phi) is 7.57. The molecule has 0 saturated heterocycles. The van der Waals surface area contributed by atoms with E-state index in [1.165, 1.54) is 33.3 Å². The molecule has 1 N–H and O–H groups in total. The number of Topliss-reactive ketones (excluding diaryl/α,β-unsaturated/α-hetero) is 1. The summed E-state index contributed by atoms with van der Waals surface area (Å²) in [4.78, 5) is 28.2. The van der Waals surface area contributed by atoms with Crippen molar-refractivity contribution in [2.75, 3.05) is 27.4 Å². The summed E-state index contributed by atoms with van der Waals surface area (Å²) in [6, 6.07) is 5.44. The highest BCUT2D eigenvalue weighted by Crippen LogP contribution is 2.25. The van der Waals surface area contributed by atoms with Crippen molar-refractivity contribution in [2.45, 2.75) is 38.6 Å². The standard InChI is InChI=1S/C21H28N2O6S/c1-13-7-9-17(10-8-13)30(26,27)23(11-12-28-5)16(4)20(24)18-14(2)19(21(25)29-6)22-15(18)3/h7-10,16,22H,11-12H2,1-6H3. The second-order valence-corrected chi connectivity index (χ2v) is 8.97. The number of ketones is 1. The van der Waals surface area contributed by atoms with Crippen LogP contribution in [0.25, 0.3) is 0 Å². The van der Waals surface area contributed by atoms with Gasteiger partial charge in [0.1, 0.15) is 5.69 Å². The number of H-pyrrole nitrogens is 1. The van der Waals surface area contributed by atoms with Gasteiger partial charge in [-0.05, 0) is 45.4 Å². The number of esters is 1. The van der Waals surface area contributed by atoms with Crippen LogP contribution in [0.4, 0.5) is 0 Å². The van der Waals surface area contributed by atoms with Crippen molar-refractivity contribution in [3.05, 3.63) is 52.3 Å². The minimum atomic E-state index is -3.95. The van der Waals surface area contributed by atoms with Crippen LogP contribution in [-0.2, 0) is 19.5 Å². The summed E-state index contributed by atoms with van der Waals surface area (Å²) in [5.41, 5.74) is 2.29. The smallest absolute Gasteiger partial charge is 0.354 e. The summed E-state index contributed by atoms with van der Waals surface area (Å²) >= 11 is 0. The number of benzene rings is 1. The van der Waals surface area contributed by atoms with Crippen molar-refractivity contribution in [1.29, 1.82) is 0 Å². The Morgan fingerprint density at radius 1 is 1.10 bits per heavy atom. The molecule has 0 aliphatic carbocycles. The predicted molar refractivity (Wildman–Crippen MR) is 112 cm³/mol. The van der Waals surface area contributed by atoms with Crippen LogP contribution in [0.3, 0.4) is 0 Å². The van der Waals surface area contributed by atoms with Crippen molar-refractivity contribution in [2.24, 2.45) is 0 Å². The molecule has 1 aromatic heterocycles. The SMILES string of the molecule is COCCN(C(C)C(=O)c1c(C)[nH]c(C(=O)OC)c1C)S(=O)(=O)c1ccc(C)cc1. The normalized spacial score (nSPS) is 12.8. The molecule has 2 aromatic rings. The van der Waals surface area contributed by atoms with Gasteiger partial charge >= 0.3 is 5.97 Å². The monoisotopic (exact) mass is 436 g/mol. The van der Waals surface area contributed by atoms with Gasteiger partial charge in [-0.2, -0.15) is 4.31 Å². The highest BCUT2D eigenvalue weighted by atomic mass is 32.2. The van der Waals surface area contributed by atoms with Crippen LogP contribution in [0.1, 0.15) is 44.6 Å². The number of hydrogen-bond donors (Lipinski definition) is 1. The Hall–Kier alpha value is -2.49. The molecule has 0 aliphatic heterocycles. The number of carbonyl (C=O) groups is 2. The zero-order valence-electron chi connectivity index (χ0n) is 18.1. The lowest BCUT2D eigenvalue weighted by Gasteiger charge is -2.27. The highest BCUT2D eigenvalue weighted by molar-refractivity contribution is 7.89. The second-order valence-electron chi connectivity index (χ2n) is 7.08. The summed E-state index contributed by atoms with van der Waals surface area (Å²) in [6.45, 7) is 6.82. The maximum absolute atomic E-state index is 13.3. The first kappa shape index (κ1) is 23.8. The van der Waals surface area contributed by atoms with E-state index < -0.39 is 27.8 Å². The molecule has 0 spiro atoms. The van der Waals surface area contributed by atoms with E-state index in [-0.39, 0.29) is 29.3 Å². The van der Waals surface area contributed by atoms with Crippen molar-refractivity contribution >= 4 is 21.8 Å². The van der Waals surface area contributed by atoms with E-state index in [0.29, 0.717) is 11.3 Å². The number of carbonyl (C=O) groups excluding carboxylic acids is 2. The van der Waals surface area contributed by atoms with Crippen LogP contribution in [0, 0.1) is 20.8 Å². The first-order chi connectivity index (χ1) is 14.1. The molecule has 2 rings (SSSR count). The minimum absolute atomic E-state index is 0.00595. The molecule has 1 unspecified atom stereocenters. The number of rotatable bonds is 9. The largest absolute Gasteiger partial charge is 0.464 e. The van der Waals surface area contributed by atoms with E-state index >= 15 is 0 Å². The Morgan fingerprint density at radius 3 is 2.23 bits per heavy atom. The Morgan fingerprint density at radius 2 is 1.70 bits per heavy atom. The zero-order chi connectivity index (χ0) is 22.6. The molecular weight excluding hydrogens is 408 g/mol. The summed E-state index contributed by atoms with van der Waals surface area (Å²) in [6.07, 6.45) is 0. The van der Waals surface area contributed by atoms with Crippen LogP contribution < -0.4 is 0 Å². The molecule has 8 nitrogen and oxygen atoms in total. The molecule has 0 bridgehead atoms. The van der Waals surface area contributed by atoms with Gasteiger partial charge in [0.15, 0.2) is 5.78 Å². The fraction of sp³-hybridized carbons (Fsp3) is 0.429.